The van der Waals surface area contributed by atoms with Crippen LogP contribution in [0.15, 0.2) is 47.6 Å². The number of halogens is 2. The van der Waals surface area contributed by atoms with Crippen molar-refractivity contribution in [3.8, 4) is 17.1 Å². The highest BCUT2D eigenvalue weighted by molar-refractivity contribution is 7.99. The normalized spacial score (nSPS) is 11.2. The van der Waals surface area contributed by atoms with Crippen LogP contribution in [-0.4, -0.2) is 33.1 Å². The number of thioether (sulfide) groups is 1. The zero-order valence-electron chi connectivity index (χ0n) is 17.3. The number of benzene rings is 2. The highest BCUT2D eigenvalue weighted by Crippen LogP contribution is 2.28. The van der Waals surface area contributed by atoms with Gasteiger partial charge in [0.2, 0.25) is 11.1 Å². The maximum absolute atomic E-state index is 12.5. The van der Waals surface area contributed by atoms with E-state index in [0.717, 1.165) is 28.6 Å². The number of rotatable bonds is 8. The Bertz CT molecular complexity index is 1050. The molecule has 3 N–H and O–H groups in total. The Morgan fingerprint density at radius 2 is 1.90 bits per heavy atom. The first-order chi connectivity index (χ1) is 14.8. The first-order valence-electron chi connectivity index (χ1n) is 9.54. The van der Waals surface area contributed by atoms with Gasteiger partial charge in [-0.05, 0) is 48.2 Å². The molecule has 0 unspecified atom stereocenters. The van der Waals surface area contributed by atoms with Gasteiger partial charge in [-0.25, -0.2) is 4.68 Å². The number of hydrogen-bond donors (Lipinski definition) is 2. The molecule has 0 saturated heterocycles. The molecule has 0 aliphatic carbocycles. The van der Waals surface area contributed by atoms with Crippen LogP contribution in [0, 0.1) is 6.92 Å². The maximum atomic E-state index is 12.5. The number of nitrogens with one attached hydrogen (secondary N) is 1. The van der Waals surface area contributed by atoms with E-state index >= 15 is 0 Å². The molecule has 0 atom stereocenters. The second-order valence-electron chi connectivity index (χ2n) is 7.11. The third kappa shape index (κ3) is 5.52. The molecule has 7 nitrogen and oxygen atoms in total. The molecule has 0 spiro atoms. The van der Waals surface area contributed by atoms with Gasteiger partial charge in [0.05, 0.1) is 5.75 Å². The fraction of sp³-hybridized carbons (Fsp3) is 0.286. The summed E-state index contributed by atoms with van der Waals surface area (Å²) in [7, 11) is 0. The highest BCUT2D eigenvalue weighted by Gasteiger charge is 2.16. The predicted molar refractivity (Wildman–Crippen MR) is 117 cm³/mol. The van der Waals surface area contributed by atoms with Crippen molar-refractivity contribution in [2.24, 2.45) is 0 Å². The molecule has 1 amide bonds. The number of aryl methyl sites for hydroxylation is 1. The van der Waals surface area contributed by atoms with Crippen LogP contribution < -0.4 is 15.9 Å². The van der Waals surface area contributed by atoms with Crippen LogP contribution in [0.3, 0.4) is 0 Å². The van der Waals surface area contributed by atoms with Crippen LogP contribution in [0.1, 0.15) is 30.9 Å². The van der Waals surface area contributed by atoms with Crippen molar-refractivity contribution >= 4 is 23.4 Å². The molecule has 0 bridgehead atoms. The summed E-state index contributed by atoms with van der Waals surface area (Å²) in [5, 5.41) is 11.4. The summed E-state index contributed by atoms with van der Waals surface area (Å²) in [6.07, 6.45) is 0. The lowest BCUT2D eigenvalue weighted by molar-refractivity contribution is -0.113. The lowest BCUT2D eigenvalue weighted by atomic mass is 9.98. The summed E-state index contributed by atoms with van der Waals surface area (Å²) < 4.78 is 30.1. The predicted octanol–water partition coefficient (Wildman–Crippen LogP) is 4.42. The van der Waals surface area contributed by atoms with E-state index in [9.17, 15) is 13.6 Å². The fourth-order valence-corrected chi connectivity index (χ4v) is 3.66. The minimum Gasteiger partial charge on any atom is -0.435 e. The van der Waals surface area contributed by atoms with Gasteiger partial charge in [-0.3, -0.25) is 4.79 Å². The Balaban J connectivity index is 1.66. The smallest absolute Gasteiger partial charge is 0.387 e. The van der Waals surface area contributed by atoms with E-state index in [1.54, 1.807) is 12.1 Å². The summed E-state index contributed by atoms with van der Waals surface area (Å²) in [5.74, 6) is 6.63. The summed E-state index contributed by atoms with van der Waals surface area (Å²) in [4.78, 5) is 12.5. The van der Waals surface area contributed by atoms with Gasteiger partial charge in [0.1, 0.15) is 5.75 Å². The number of carbonyl (C=O) groups is 1. The number of para-hydroxylation sites is 1. The van der Waals surface area contributed by atoms with Crippen molar-refractivity contribution in [3.05, 3.63) is 53.6 Å². The van der Waals surface area contributed by atoms with Crippen molar-refractivity contribution in [2.75, 3.05) is 16.9 Å². The van der Waals surface area contributed by atoms with Gasteiger partial charge in [-0.15, -0.1) is 10.2 Å². The first-order valence-corrected chi connectivity index (χ1v) is 10.5. The number of aromatic nitrogens is 3. The van der Waals surface area contributed by atoms with Gasteiger partial charge in [0.15, 0.2) is 5.82 Å². The summed E-state index contributed by atoms with van der Waals surface area (Å²) in [6, 6.07) is 11.8. The molecule has 3 aromatic rings. The third-order valence-electron chi connectivity index (χ3n) is 4.53. The van der Waals surface area contributed by atoms with Crippen LogP contribution in [0.4, 0.5) is 14.5 Å². The van der Waals surface area contributed by atoms with Crippen LogP contribution in [0.25, 0.3) is 11.4 Å². The summed E-state index contributed by atoms with van der Waals surface area (Å²) >= 11 is 1.15. The zero-order valence-corrected chi connectivity index (χ0v) is 18.1. The maximum Gasteiger partial charge on any atom is 0.387 e. The number of alkyl halides is 2. The second-order valence-corrected chi connectivity index (χ2v) is 8.05. The monoisotopic (exact) mass is 447 g/mol. The summed E-state index contributed by atoms with van der Waals surface area (Å²) in [6.45, 7) is 3.21. The number of anilines is 1. The molecule has 2 aromatic carbocycles. The highest BCUT2D eigenvalue weighted by atomic mass is 32.2. The molecule has 10 heteroatoms. The number of nitrogens with zero attached hydrogens (tertiary/aromatic N) is 3. The molecule has 0 radical (unpaired) electrons. The van der Waals surface area contributed by atoms with Crippen LogP contribution >= 0.6 is 11.8 Å². The molecule has 0 aliphatic heterocycles. The molecule has 164 valence electrons. The number of nitrogen functional groups attached to an aromatic ring is 1. The fourth-order valence-electron chi connectivity index (χ4n) is 3.01. The van der Waals surface area contributed by atoms with Gasteiger partial charge >= 0.3 is 6.61 Å². The Hall–Kier alpha value is -3.14. The summed E-state index contributed by atoms with van der Waals surface area (Å²) in [5.41, 5.74) is 3.47. The van der Waals surface area contributed by atoms with E-state index in [-0.39, 0.29) is 23.3 Å². The van der Waals surface area contributed by atoms with E-state index in [0.29, 0.717) is 16.5 Å². The molecule has 1 heterocycles. The molecule has 1 aromatic heterocycles. The van der Waals surface area contributed by atoms with Crippen molar-refractivity contribution in [1.29, 1.82) is 0 Å². The van der Waals surface area contributed by atoms with Gasteiger partial charge in [0.25, 0.3) is 0 Å². The Kier molecular flexibility index (Phi) is 7.11. The van der Waals surface area contributed by atoms with Crippen LogP contribution in [0.2, 0.25) is 0 Å². The molecular weight excluding hydrogens is 424 g/mol. The first kappa shape index (κ1) is 22.5. The number of hydrogen-bond acceptors (Lipinski definition) is 6. The van der Waals surface area contributed by atoms with Gasteiger partial charge < -0.3 is 15.9 Å². The SMILES string of the molecule is Cc1cccc(C(C)C)c1NC(=O)CSc1nnc(-c2ccc(OC(F)F)cc2)n1N. The number of ether oxygens (including phenoxy) is 1. The van der Waals surface area contributed by atoms with E-state index < -0.39 is 6.61 Å². The Labute approximate surface area is 183 Å². The minimum atomic E-state index is -2.89. The van der Waals surface area contributed by atoms with Gasteiger partial charge in [0, 0.05) is 11.3 Å². The minimum absolute atomic E-state index is 0.0325. The molecule has 0 fully saturated rings. The van der Waals surface area contributed by atoms with Gasteiger partial charge in [-0.2, -0.15) is 8.78 Å². The molecule has 3 rings (SSSR count). The van der Waals surface area contributed by atoms with Crippen molar-refractivity contribution < 1.29 is 18.3 Å². The van der Waals surface area contributed by atoms with Crippen molar-refractivity contribution in [2.45, 2.75) is 38.5 Å². The molecule has 0 saturated carbocycles. The second kappa shape index (κ2) is 9.78. The van der Waals surface area contributed by atoms with Crippen molar-refractivity contribution in [3.63, 3.8) is 0 Å². The Morgan fingerprint density at radius 1 is 1.19 bits per heavy atom. The van der Waals surface area contributed by atoms with E-state index in [1.165, 1.54) is 16.8 Å². The molecule has 31 heavy (non-hydrogen) atoms. The average molecular weight is 448 g/mol. The van der Waals surface area contributed by atoms with Crippen LogP contribution in [0.5, 0.6) is 5.75 Å². The molecular formula is C21H23F2N5O2S. The number of carbonyl (C=O) groups excluding carboxylic acids is 1. The molecule has 0 aliphatic rings. The lowest BCUT2D eigenvalue weighted by Gasteiger charge is -2.16. The van der Waals surface area contributed by atoms with Crippen LogP contribution in [-0.2, 0) is 4.79 Å². The topological polar surface area (TPSA) is 95.1 Å². The number of nitrogens with two attached hydrogens (primary N) is 1. The lowest BCUT2D eigenvalue weighted by Crippen LogP contribution is -2.18. The Morgan fingerprint density at radius 3 is 2.55 bits per heavy atom. The quantitative estimate of drug-likeness (QED) is 0.392. The average Bonchev–Trinajstić information content (AvgIpc) is 3.08. The van der Waals surface area contributed by atoms with E-state index in [2.05, 4.69) is 34.1 Å². The zero-order chi connectivity index (χ0) is 22.5. The largest absolute Gasteiger partial charge is 0.435 e. The third-order valence-corrected chi connectivity index (χ3v) is 5.47. The standard InChI is InChI=1S/C21H23F2N5O2S/c1-12(2)16-6-4-5-13(3)18(16)25-17(29)11-31-21-27-26-19(28(21)24)14-7-9-15(10-8-14)30-20(22)23/h4-10,12,20H,11,24H2,1-3H3,(H,25,29). The van der Waals surface area contributed by atoms with Crippen molar-refractivity contribution in [1.82, 2.24) is 14.9 Å². The van der Waals surface area contributed by atoms with E-state index in [4.69, 9.17) is 5.84 Å². The van der Waals surface area contributed by atoms with Gasteiger partial charge in [-0.1, -0.05) is 43.8 Å². The van der Waals surface area contributed by atoms with E-state index in [1.807, 2.05) is 25.1 Å². The number of amides is 1.